The lowest BCUT2D eigenvalue weighted by atomic mass is 9.82. The van der Waals surface area contributed by atoms with Crippen LogP contribution in [0, 0.1) is 18.8 Å². The molecule has 2 aromatic carbocycles. The summed E-state index contributed by atoms with van der Waals surface area (Å²) >= 11 is 0. The summed E-state index contributed by atoms with van der Waals surface area (Å²) in [5, 5.41) is 12.0. The van der Waals surface area contributed by atoms with Gasteiger partial charge in [0.2, 0.25) is 5.91 Å². The van der Waals surface area contributed by atoms with Gasteiger partial charge in [-0.15, -0.1) is 0 Å². The fourth-order valence-electron chi connectivity index (χ4n) is 3.16. The molecule has 3 rings (SSSR count). The van der Waals surface area contributed by atoms with Gasteiger partial charge in [-0.25, -0.2) is 8.42 Å². The zero-order chi connectivity index (χ0) is 21.0. The number of nitrogens with one attached hydrogen (secondary N) is 2. The fourth-order valence-corrected chi connectivity index (χ4v) is 4.22. The Kier molecular flexibility index (Phi) is 6.03. The Hall–Kier alpha value is -3.13. The van der Waals surface area contributed by atoms with E-state index in [0.717, 1.165) is 5.56 Å². The second-order valence-electron chi connectivity index (χ2n) is 6.98. The predicted octanol–water partition coefficient (Wildman–Crippen LogP) is 3.40. The number of carbonyl (C=O) groups excluding carboxylic acids is 1. The number of aliphatic carboxylic acids is 1. The van der Waals surface area contributed by atoms with Gasteiger partial charge in [-0.3, -0.25) is 14.3 Å². The minimum atomic E-state index is -3.71. The van der Waals surface area contributed by atoms with Crippen LogP contribution in [0.15, 0.2) is 65.6 Å². The molecular formula is C21H22N2O5S. The van der Waals surface area contributed by atoms with Crippen LogP contribution >= 0.6 is 0 Å². The lowest BCUT2D eigenvalue weighted by Gasteiger charge is -2.24. The normalized spacial score (nSPS) is 18.8. The van der Waals surface area contributed by atoms with Gasteiger partial charge in [0, 0.05) is 11.4 Å². The second kappa shape index (κ2) is 8.48. The fraction of sp³-hybridized carbons (Fsp3) is 0.238. The van der Waals surface area contributed by atoms with Gasteiger partial charge in [-0.05, 0) is 56.2 Å². The van der Waals surface area contributed by atoms with Crippen molar-refractivity contribution < 1.29 is 23.1 Å². The Balaban J connectivity index is 1.67. The molecule has 0 aliphatic heterocycles. The maximum atomic E-state index is 12.5. The largest absolute Gasteiger partial charge is 0.481 e. The maximum absolute atomic E-state index is 12.5. The van der Waals surface area contributed by atoms with E-state index in [2.05, 4.69) is 10.0 Å². The van der Waals surface area contributed by atoms with Crippen molar-refractivity contribution >= 4 is 33.3 Å². The zero-order valence-electron chi connectivity index (χ0n) is 15.8. The predicted molar refractivity (Wildman–Crippen MR) is 110 cm³/mol. The molecule has 0 bridgehead atoms. The van der Waals surface area contributed by atoms with Gasteiger partial charge in [0.05, 0.1) is 16.7 Å². The van der Waals surface area contributed by atoms with Gasteiger partial charge in [0.15, 0.2) is 0 Å². The number of carbonyl (C=O) groups is 2. The van der Waals surface area contributed by atoms with Crippen LogP contribution < -0.4 is 10.0 Å². The van der Waals surface area contributed by atoms with E-state index in [1.54, 1.807) is 30.3 Å². The summed E-state index contributed by atoms with van der Waals surface area (Å²) in [6.07, 6.45) is 4.29. The minimum absolute atomic E-state index is 0.158. The molecule has 7 nitrogen and oxygen atoms in total. The maximum Gasteiger partial charge on any atom is 0.307 e. The van der Waals surface area contributed by atoms with E-state index in [4.69, 9.17) is 0 Å². The summed E-state index contributed by atoms with van der Waals surface area (Å²) < 4.78 is 27.4. The van der Waals surface area contributed by atoms with Crippen LogP contribution in [-0.4, -0.2) is 25.4 Å². The van der Waals surface area contributed by atoms with E-state index >= 15 is 0 Å². The average Bonchev–Trinajstić information content (AvgIpc) is 2.69. The summed E-state index contributed by atoms with van der Waals surface area (Å²) in [4.78, 5) is 24.0. The third-order valence-corrected chi connectivity index (χ3v) is 6.22. The molecule has 0 aromatic heterocycles. The Bertz CT molecular complexity index is 1030. The van der Waals surface area contributed by atoms with E-state index in [0.29, 0.717) is 24.2 Å². The lowest BCUT2D eigenvalue weighted by molar-refractivity contribution is -0.146. The molecule has 1 amide bonds. The molecule has 152 valence electrons. The highest BCUT2D eigenvalue weighted by molar-refractivity contribution is 7.92. The van der Waals surface area contributed by atoms with Crippen molar-refractivity contribution in [1.82, 2.24) is 0 Å². The number of allylic oxidation sites excluding steroid dienone is 2. The topological polar surface area (TPSA) is 113 Å². The molecule has 0 saturated heterocycles. The quantitative estimate of drug-likeness (QED) is 0.627. The van der Waals surface area contributed by atoms with Gasteiger partial charge in [0.1, 0.15) is 0 Å². The first-order chi connectivity index (χ1) is 13.8. The van der Waals surface area contributed by atoms with Gasteiger partial charge in [-0.1, -0.05) is 29.8 Å². The third kappa shape index (κ3) is 5.03. The van der Waals surface area contributed by atoms with E-state index in [1.807, 2.05) is 13.0 Å². The number of aryl methyl sites for hydroxylation is 1. The molecule has 0 heterocycles. The lowest BCUT2D eigenvalue weighted by Crippen LogP contribution is -2.34. The number of amides is 1. The highest BCUT2D eigenvalue weighted by Crippen LogP contribution is 2.27. The summed E-state index contributed by atoms with van der Waals surface area (Å²) in [6.45, 7) is 1.87. The molecule has 3 N–H and O–H groups in total. The molecule has 2 aromatic rings. The first-order valence-corrected chi connectivity index (χ1v) is 10.6. The third-order valence-electron chi connectivity index (χ3n) is 4.82. The minimum Gasteiger partial charge on any atom is -0.481 e. The number of anilines is 2. The first kappa shape index (κ1) is 20.6. The number of hydrogen-bond acceptors (Lipinski definition) is 4. The van der Waals surface area contributed by atoms with E-state index < -0.39 is 27.8 Å². The van der Waals surface area contributed by atoms with Crippen LogP contribution in [0.4, 0.5) is 11.4 Å². The Labute approximate surface area is 169 Å². The van der Waals surface area contributed by atoms with Gasteiger partial charge < -0.3 is 10.4 Å². The molecule has 29 heavy (non-hydrogen) atoms. The van der Waals surface area contributed by atoms with Crippen LogP contribution in [0.25, 0.3) is 0 Å². The van der Waals surface area contributed by atoms with Crippen molar-refractivity contribution in [2.24, 2.45) is 11.8 Å². The number of carboxylic acid groups (broad SMARTS) is 1. The van der Waals surface area contributed by atoms with Crippen LogP contribution in [0.5, 0.6) is 0 Å². The van der Waals surface area contributed by atoms with Crippen molar-refractivity contribution in [3.05, 3.63) is 66.2 Å². The monoisotopic (exact) mass is 414 g/mol. The number of rotatable bonds is 6. The van der Waals surface area contributed by atoms with E-state index in [-0.39, 0.29) is 10.8 Å². The average molecular weight is 414 g/mol. The van der Waals surface area contributed by atoms with Gasteiger partial charge in [-0.2, -0.15) is 0 Å². The summed E-state index contributed by atoms with van der Waals surface area (Å²) in [6, 6.07) is 12.7. The molecule has 0 fully saturated rings. The molecular weight excluding hydrogens is 392 g/mol. The number of benzene rings is 2. The molecule has 0 radical (unpaired) electrons. The first-order valence-electron chi connectivity index (χ1n) is 9.14. The Morgan fingerprint density at radius 2 is 1.45 bits per heavy atom. The number of carboxylic acids is 1. The Morgan fingerprint density at radius 1 is 0.897 bits per heavy atom. The highest BCUT2D eigenvalue weighted by Gasteiger charge is 2.33. The number of sulfonamides is 1. The van der Waals surface area contributed by atoms with Crippen LogP contribution in [-0.2, 0) is 19.6 Å². The second-order valence-corrected chi connectivity index (χ2v) is 8.66. The zero-order valence-corrected chi connectivity index (χ0v) is 16.6. The molecule has 2 atom stereocenters. The van der Waals surface area contributed by atoms with E-state index in [9.17, 15) is 23.1 Å². The number of hydrogen-bond donors (Lipinski definition) is 3. The van der Waals surface area contributed by atoms with Gasteiger partial charge in [0.25, 0.3) is 10.0 Å². The van der Waals surface area contributed by atoms with Crippen LogP contribution in [0.2, 0.25) is 0 Å². The van der Waals surface area contributed by atoms with Crippen LogP contribution in [0.3, 0.4) is 0 Å². The van der Waals surface area contributed by atoms with Crippen molar-refractivity contribution in [2.45, 2.75) is 24.7 Å². The molecule has 0 unspecified atom stereocenters. The van der Waals surface area contributed by atoms with Crippen molar-refractivity contribution in [3.8, 4) is 0 Å². The Morgan fingerprint density at radius 3 is 2.03 bits per heavy atom. The molecule has 1 aliphatic carbocycles. The van der Waals surface area contributed by atoms with Crippen molar-refractivity contribution in [1.29, 1.82) is 0 Å². The highest BCUT2D eigenvalue weighted by atomic mass is 32.2. The summed E-state index contributed by atoms with van der Waals surface area (Å²) in [5.41, 5.74) is 1.78. The molecule has 8 heteroatoms. The standard InChI is InChI=1S/C21H22N2O5S/c1-14-6-12-17(13-7-14)29(27,28)23-16-10-8-15(9-11-16)22-20(24)18-4-2-3-5-19(18)21(25)26/h2-3,6-13,18-19,23H,4-5H2,1H3,(H,22,24)(H,25,26)/t18-,19-/m0/s1. The summed E-state index contributed by atoms with van der Waals surface area (Å²) in [5.74, 6) is -2.75. The smallest absolute Gasteiger partial charge is 0.307 e. The van der Waals surface area contributed by atoms with Crippen LogP contribution in [0.1, 0.15) is 18.4 Å². The molecule has 0 saturated carbocycles. The SMILES string of the molecule is Cc1ccc(S(=O)(=O)Nc2ccc(NC(=O)[C@H]3CC=CC[C@@H]3C(=O)O)cc2)cc1. The molecule has 1 aliphatic rings. The van der Waals surface area contributed by atoms with E-state index in [1.165, 1.54) is 24.3 Å². The van der Waals surface area contributed by atoms with Crippen molar-refractivity contribution in [3.63, 3.8) is 0 Å². The molecule has 0 spiro atoms. The van der Waals surface area contributed by atoms with Crippen molar-refractivity contribution in [2.75, 3.05) is 10.0 Å². The summed E-state index contributed by atoms with van der Waals surface area (Å²) in [7, 11) is -3.71. The van der Waals surface area contributed by atoms with Gasteiger partial charge >= 0.3 is 5.97 Å².